The summed E-state index contributed by atoms with van der Waals surface area (Å²) in [5.41, 5.74) is 0. The summed E-state index contributed by atoms with van der Waals surface area (Å²) in [5.74, 6) is 3.56. The van der Waals surface area contributed by atoms with Gasteiger partial charge in [0.1, 0.15) is 4.99 Å². The van der Waals surface area contributed by atoms with Gasteiger partial charge in [0.25, 0.3) is 0 Å². The summed E-state index contributed by atoms with van der Waals surface area (Å²) in [6.07, 6.45) is 7.99. The molecule has 6 heteroatoms. The summed E-state index contributed by atoms with van der Waals surface area (Å²) in [7, 11) is -4.58. The van der Waals surface area contributed by atoms with E-state index in [1.165, 1.54) is 12.8 Å². The Morgan fingerprint density at radius 2 is 1.27 bits per heavy atom. The van der Waals surface area contributed by atoms with Crippen LogP contribution in [0.15, 0.2) is 0 Å². The zero-order valence-electron chi connectivity index (χ0n) is 20.0. The largest absolute Gasteiger partial charge is 0.346 e. The van der Waals surface area contributed by atoms with Crippen molar-refractivity contribution in [3.8, 4) is 0 Å². The fourth-order valence-corrected chi connectivity index (χ4v) is 11.0. The van der Waals surface area contributed by atoms with E-state index in [9.17, 15) is 8.77 Å². The molecule has 0 spiro atoms. The molecule has 0 aromatic heterocycles. The van der Waals surface area contributed by atoms with Gasteiger partial charge in [-0.3, -0.25) is 8.77 Å². The maximum absolute atomic E-state index is 14.5. The van der Waals surface area contributed by atoms with Crippen LogP contribution in [0, 0.1) is 35.5 Å². The van der Waals surface area contributed by atoms with Gasteiger partial charge < -0.3 is 9.05 Å². The van der Waals surface area contributed by atoms with E-state index in [0.717, 1.165) is 32.1 Å². The molecule has 0 N–H and O–H groups in total. The maximum atomic E-state index is 14.5. The van der Waals surface area contributed by atoms with Crippen molar-refractivity contribution in [2.24, 2.45) is 35.5 Å². The molecule has 8 atom stereocenters. The van der Waals surface area contributed by atoms with Crippen LogP contribution in [0.3, 0.4) is 0 Å². The zero-order valence-corrected chi connectivity index (χ0v) is 21.8. The van der Waals surface area contributed by atoms with Gasteiger partial charge in [0.2, 0.25) is 0 Å². The molecule has 0 amide bonds. The van der Waals surface area contributed by atoms with Crippen molar-refractivity contribution in [1.82, 2.24) is 0 Å². The second-order valence-corrected chi connectivity index (χ2v) is 15.4. The molecule has 0 radical (unpaired) electrons. The number of hydrogen-bond donors (Lipinski definition) is 0. The van der Waals surface area contributed by atoms with E-state index in [1.54, 1.807) is 0 Å². The molecule has 0 bridgehead atoms. The van der Waals surface area contributed by atoms with Crippen LogP contribution >= 0.6 is 7.60 Å². The van der Waals surface area contributed by atoms with E-state index in [4.69, 9.17) is 9.05 Å². The zero-order chi connectivity index (χ0) is 22.1. The van der Waals surface area contributed by atoms with Gasteiger partial charge in [-0.25, -0.2) is 0 Å². The Kier molecular flexibility index (Phi) is 8.72. The third-order valence-corrected chi connectivity index (χ3v) is 13.0. The first kappa shape index (κ1) is 24.9. The smallest absolute Gasteiger partial charge is 0.304 e. The van der Waals surface area contributed by atoms with Crippen molar-refractivity contribution in [2.75, 3.05) is 5.75 Å². The van der Waals surface area contributed by atoms with Crippen LogP contribution in [0.4, 0.5) is 0 Å². The molecule has 0 aromatic rings. The van der Waals surface area contributed by atoms with Gasteiger partial charge in [0, 0.05) is 16.6 Å². The highest BCUT2D eigenvalue weighted by atomic mass is 32.2. The minimum atomic E-state index is -3.47. The first-order valence-corrected chi connectivity index (χ1v) is 15.4. The molecule has 4 nitrogen and oxygen atoms in total. The minimum Gasteiger partial charge on any atom is -0.304 e. The summed E-state index contributed by atoms with van der Waals surface area (Å²) < 4.78 is 40.5. The topological polar surface area (TPSA) is 52.6 Å². The van der Waals surface area contributed by atoms with Crippen LogP contribution in [0.1, 0.15) is 92.9 Å². The van der Waals surface area contributed by atoms with Crippen molar-refractivity contribution in [2.45, 2.75) is 110 Å². The third kappa shape index (κ3) is 5.80. The van der Waals surface area contributed by atoms with Crippen LogP contribution in [-0.2, 0) is 24.4 Å². The van der Waals surface area contributed by atoms with Crippen molar-refractivity contribution < 1.29 is 17.8 Å². The van der Waals surface area contributed by atoms with Crippen molar-refractivity contribution in [3.63, 3.8) is 0 Å². The Balaban J connectivity index is 1.87. The predicted molar refractivity (Wildman–Crippen MR) is 126 cm³/mol. The molecule has 3 fully saturated rings. The average Bonchev–Trinajstić information content (AvgIpc) is 3.08. The lowest BCUT2D eigenvalue weighted by Crippen LogP contribution is -2.38. The van der Waals surface area contributed by atoms with Crippen molar-refractivity contribution >= 4 is 18.4 Å². The molecule has 3 rings (SSSR count). The average molecular weight is 461 g/mol. The van der Waals surface area contributed by atoms with E-state index < -0.39 is 23.4 Å². The van der Waals surface area contributed by atoms with E-state index in [-0.39, 0.29) is 12.2 Å². The Bertz CT molecular complexity index is 599. The fourth-order valence-electron chi connectivity index (χ4n) is 5.98. The van der Waals surface area contributed by atoms with Crippen LogP contribution in [-0.4, -0.2) is 27.2 Å². The van der Waals surface area contributed by atoms with Gasteiger partial charge in [0.05, 0.1) is 12.2 Å². The summed E-state index contributed by atoms with van der Waals surface area (Å²) in [4.78, 5) is -0.437. The van der Waals surface area contributed by atoms with E-state index in [2.05, 4.69) is 41.5 Å². The lowest BCUT2D eigenvalue weighted by Gasteiger charge is -2.42. The third-order valence-electron chi connectivity index (χ3n) is 7.94. The van der Waals surface area contributed by atoms with Gasteiger partial charge >= 0.3 is 7.60 Å². The molecule has 1 saturated heterocycles. The van der Waals surface area contributed by atoms with Crippen LogP contribution in [0.2, 0.25) is 0 Å². The van der Waals surface area contributed by atoms with Crippen LogP contribution < -0.4 is 0 Å². The lowest BCUT2D eigenvalue weighted by atomic mass is 9.75. The SMILES string of the molecule is CC(C)[C@@H]1CC[C@@H](C)C[C@H]1OP(=O)(O[C@@H]1C[C@H](C)CC[C@H]1C(C)C)C1CCCS1=O. The van der Waals surface area contributed by atoms with Gasteiger partial charge in [-0.2, -0.15) is 0 Å². The molecule has 1 heterocycles. The Labute approximate surface area is 187 Å². The molecule has 0 aromatic carbocycles. The maximum Gasteiger partial charge on any atom is 0.346 e. The highest BCUT2D eigenvalue weighted by Gasteiger charge is 2.49. The van der Waals surface area contributed by atoms with E-state index in [1.807, 2.05) is 0 Å². The Morgan fingerprint density at radius 1 is 0.800 bits per heavy atom. The quantitative estimate of drug-likeness (QED) is 0.384. The van der Waals surface area contributed by atoms with E-state index >= 15 is 0 Å². The molecular formula is C24H45O4PS. The summed E-state index contributed by atoms with van der Waals surface area (Å²) in [6.45, 7) is 13.5. The first-order chi connectivity index (χ1) is 14.1. The second kappa shape index (κ2) is 10.5. The number of rotatable bonds is 7. The van der Waals surface area contributed by atoms with Crippen LogP contribution in [0.5, 0.6) is 0 Å². The standard InChI is InChI=1S/C24H45O4PS/c1-16(2)20-11-9-18(5)14-22(20)27-29(25,24-8-7-13-30(24)26)28-23-15-19(6)10-12-21(23)17(3)4/h16-24H,7-15H2,1-6H3/t18-,19-,20+,21+,22-,23-,24?,30?/m1/s1. The second-order valence-electron chi connectivity index (χ2n) is 11.2. The van der Waals surface area contributed by atoms with Gasteiger partial charge in [-0.1, -0.05) is 54.4 Å². The van der Waals surface area contributed by atoms with E-state index in [0.29, 0.717) is 47.7 Å². The minimum absolute atomic E-state index is 0.0457. The van der Waals surface area contributed by atoms with Crippen molar-refractivity contribution in [1.29, 1.82) is 0 Å². The van der Waals surface area contributed by atoms with Gasteiger partial charge in [-0.05, 0) is 74.0 Å². The highest BCUT2D eigenvalue weighted by molar-refractivity contribution is 7.93. The molecular weight excluding hydrogens is 415 g/mol. The van der Waals surface area contributed by atoms with Gasteiger partial charge in [-0.15, -0.1) is 0 Å². The molecule has 3 aliphatic rings. The summed E-state index contributed by atoms with van der Waals surface area (Å²) >= 11 is 0. The summed E-state index contributed by atoms with van der Waals surface area (Å²) in [6, 6.07) is 0. The lowest BCUT2D eigenvalue weighted by molar-refractivity contribution is -0.00419. The van der Waals surface area contributed by atoms with Crippen molar-refractivity contribution in [3.05, 3.63) is 0 Å². The normalized spacial score (nSPS) is 40.9. The molecule has 30 heavy (non-hydrogen) atoms. The molecule has 2 unspecified atom stereocenters. The Morgan fingerprint density at radius 3 is 1.63 bits per heavy atom. The molecule has 2 aliphatic carbocycles. The monoisotopic (exact) mass is 460 g/mol. The highest BCUT2D eigenvalue weighted by Crippen LogP contribution is 2.62. The Hall–Kier alpha value is 0.300. The number of hydrogen-bond acceptors (Lipinski definition) is 4. The predicted octanol–water partition coefficient (Wildman–Crippen LogP) is 7.00. The fraction of sp³-hybridized carbons (Fsp3) is 1.00. The van der Waals surface area contributed by atoms with Gasteiger partial charge in [0.15, 0.2) is 0 Å². The van der Waals surface area contributed by atoms with Crippen LogP contribution in [0.25, 0.3) is 0 Å². The first-order valence-electron chi connectivity index (χ1n) is 12.4. The molecule has 176 valence electrons. The molecule has 1 aliphatic heterocycles. The molecule has 2 saturated carbocycles. The summed E-state index contributed by atoms with van der Waals surface area (Å²) in [5, 5.41) is 0.